The molecule has 1 heterocycles. The molecule has 0 radical (unpaired) electrons. The number of nitrogens with zero attached hydrogens (tertiary/aromatic N) is 5. The number of hydrogen-bond acceptors (Lipinski definition) is 8. The number of aromatic nitrogens is 1. The average Bonchev–Trinajstić information content (AvgIpc) is 2.78. The van der Waals surface area contributed by atoms with E-state index in [1.807, 2.05) is 32.1 Å². The molecule has 0 amide bonds. The van der Waals surface area contributed by atoms with Crippen LogP contribution in [0, 0.1) is 5.92 Å². The fourth-order valence-corrected chi connectivity index (χ4v) is 3.14. The molecular weight excluding hydrogens is 458 g/mol. The molecule has 0 aliphatic heterocycles. The van der Waals surface area contributed by atoms with E-state index in [1.54, 1.807) is 45.5 Å². The summed E-state index contributed by atoms with van der Waals surface area (Å²) < 4.78 is 6.03. The van der Waals surface area contributed by atoms with E-state index >= 15 is 0 Å². The van der Waals surface area contributed by atoms with Crippen LogP contribution in [0.1, 0.15) is 52.3 Å². The minimum Gasteiger partial charge on any atom is -0.436 e. The Morgan fingerprint density at radius 2 is 2.09 bits per heavy atom. The van der Waals surface area contributed by atoms with E-state index in [9.17, 15) is 5.11 Å². The summed E-state index contributed by atoms with van der Waals surface area (Å²) >= 11 is 6.84. The summed E-state index contributed by atoms with van der Waals surface area (Å²) in [4.78, 5) is 13.3. The highest BCUT2D eigenvalue weighted by atomic mass is 35.5. The zero-order chi connectivity index (χ0) is 24.7. The van der Waals surface area contributed by atoms with Gasteiger partial charge in [0.25, 0.3) is 0 Å². The maximum absolute atomic E-state index is 10.1. The Kier molecular flexibility index (Phi) is 13.2. The quantitative estimate of drug-likeness (QED) is 0.173. The standard InChI is InChI=1S/C24H32ClN5O2S/c1-7-10-22(26-14-13-25)33-18(4)32-23(20(8-2)17-30-29-9-3)28-16-19-11-12-21(27-15-19)24(5,6)31/h7,9-15,17,20,31H,4,8,16H2,1-3,5-6H3/b10-7?,14-13?,26-22?,28-23?,29-9-,30-17+. The molecule has 0 fully saturated rings. The zero-order valence-electron chi connectivity index (χ0n) is 19.8. The lowest BCUT2D eigenvalue weighted by Gasteiger charge is -2.17. The van der Waals surface area contributed by atoms with Gasteiger partial charge in [-0.1, -0.05) is 30.7 Å². The van der Waals surface area contributed by atoms with Crippen LogP contribution in [0.4, 0.5) is 0 Å². The van der Waals surface area contributed by atoms with Crippen LogP contribution in [0.5, 0.6) is 0 Å². The van der Waals surface area contributed by atoms with E-state index in [1.165, 1.54) is 23.5 Å². The largest absolute Gasteiger partial charge is 0.436 e. The summed E-state index contributed by atoms with van der Waals surface area (Å²) in [5.74, 6) is 0.267. The normalized spacial score (nSPS) is 14.8. The molecule has 1 aromatic heterocycles. The van der Waals surface area contributed by atoms with E-state index in [0.29, 0.717) is 34.7 Å². The van der Waals surface area contributed by atoms with Gasteiger partial charge in [-0.15, -0.1) is 0 Å². The molecule has 0 bridgehead atoms. The first-order valence-electron chi connectivity index (χ1n) is 10.5. The van der Waals surface area contributed by atoms with Gasteiger partial charge in [0.1, 0.15) is 10.6 Å². The summed E-state index contributed by atoms with van der Waals surface area (Å²) in [5, 5.41) is 19.1. The monoisotopic (exact) mass is 489 g/mol. The Hall–Kier alpha value is -2.55. The molecule has 7 nitrogen and oxygen atoms in total. The van der Waals surface area contributed by atoms with Crippen molar-refractivity contribution in [2.75, 3.05) is 0 Å². The van der Waals surface area contributed by atoms with Gasteiger partial charge in [-0.3, -0.25) is 4.98 Å². The van der Waals surface area contributed by atoms with Gasteiger partial charge in [-0.25, -0.2) is 9.98 Å². The Bertz CT molecular complexity index is 929. The molecule has 1 N–H and O–H groups in total. The average molecular weight is 490 g/mol. The second-order valence-corrected chi connectivity index (χ2v) is 8.57. The molecule has 0 spiro atoms. The molecule has 0 saturated heterocycles. The lowest BCUT2D eigenvalue weighted by Crippen LogP contribution is -2.19. The van der Waals surface area contributed by atoms with E-state index in [0.717, 1.165) is 5.56 Å². The molecule has 0 aromatic carbocycles. The van der Waals surface area contributed by atoms with Gasteiger partial charge >= 0.3 is 0 Å². The van der Waals surface area contributed by atoms with Gasteiger partial charge in [0, 0.05) is 30.4 Å². The molecule has 1 aromatic rings. The predicted octanol–water partition coefficient (Wildman–Crippen LogP) is 6.22. The van der Waals surface area contributed by atoms with E-state index < -0.39 is 5.60 Å². The number of hydrogen-bond donors (Lipinski definition) is 1. The number of ether oxygens (including phenoxy) is 1. The van der Waals surface area contributed by atoms with Crippen molar-refractivity contribution < 1.29 is 9.84 Å². The molecule has 1 atom stereocenters. The molecular formula is C24H32ClN5O2S. The van der Waals surface area contributed by atoms with Crippen molar-refractivity contribution in [1.29, 1.82) is 0 Å². The van der Waals surface area contributed by atoms with Crippen LogP contribution < -0.4 is 0 Å². The Balaban J connectivity index is 3.13. The summed E-state index contributed by atoms with van der Waals surface area (Å²) in [6.07, 6.45) is 10.9. The highest BCUT2D eigenvalue weighted by Crippen LogP contribution is 2.22. The van der Waals surface area contributed by atoms with Gasteiger partial charge in [0.2, 0.25) is 0 Å². The first-order valence-corrected chi connectivity index (χ1v) is 11.7. The minimum atomic E-state index is -1.00. The highest BCUT2D eigenvalue weighted by molar-refractivity contribution is 8.17. The van der Waals surface area contributed by atoms with Crippen molar-refractivity contribution in [1.82, 2.24) is 4.98 Å². The number of rotatable bonds is 11. The summed E-state index contributed by atoms with van der Waals surface area (Å²) in [6.45, 7) is 13.4. The number of aliphatic hydroxyl groups is 1. The van der Waals surface area contributed by atoms with Gasteiger partial charge < -0.3 is 9.84 Å². The second kappa shape index (κ2) is 15.3. The third-order valence-corrected chi connectivity index (χ3v) is 4.93. The lowest BCUT2D eigenvalue weighted by molar-refractivity contribution is 0.0738. The Morgan fingerprint density at radius 3 is 2.64 bits per heavy atom. The number of allylic oxidation sites excluding steroid dienone is 1. The lowest BCUT2D eigenvalue weighted by atomic mass is 10.0. The van der Waals surface area contributed by atoms with Crippen LogP contribution in [0.25, 0.3) is 0 Å². The second-order valence-electron chi connectivity index (χ2n) is 7.24. The van der Waals surface area contributed by atoms with Gasteiger partial charge in [-0.2, -0.15) is 10.2 Å². The zero-order valence-corrected chi connectivity index (χ0v) is 21.3. The number of thioether (sulfide) groups is 1. The smallest absolute Gasteiger partial charge is 0.199 e. The van der Waals surface area contributed by atoms with Crippen LogP contribution in [0.2, 0.25) is 0 Å². The maximum Gasteiger partial charge on any atom is 0.199 e. The van der Waals surface area contributed by atoms with Crippen molar-refractivity contribution in [2.45, 2.75) is 53.2 Å². The van der Waals surface area contributed by atoms with Crippen LogP contribution in [0.3, 0.4) is 0 Å². The third-order valence-electron chi connectivity index (χ3n) is 4.06. The van der Waals surface area contributed by atoms with Crippen molar-refractivity contribution >= 4 is 46.7 Å². The van der Waals surface area contributed by atoms with Crippen LogP contribution in [-0.2, 0) is 16.9 Å². The fraction of sp³-hybridized carbons (Fsp3) is 0.375. The van der Waals surface area contributed by atoms with Crippen molar-refractivity contribution in [2.24, 2.45) is 26.1 Å². The van der Waals surface area contributed by atoms with Crippen molar-refractivity contribution in [3.8, 4) is 0 Å². The molecule has 33 heavy (non-hydrogen) atoms. The SMILES string of the molecule is C=C(OC(=NCc1ccc(C(C)(C)O)nc1)C(/C=N/N=C\C)CC)SC(C=CC)=NC=CCl. The first kappa shape index (κ1) is 28.5. The molecule has 1 unspecified atom stereocenters. The Morgan fingerprint density at radius 1 is 1.33 bits per heavy atom. The number of aliphatic imine (C=N–C) groups is 2. The van der Waals surface area contributed by atoms with Gasteiger partial charge in [-0.05, 0) is 70.2 Å². The number of pyridine rings is 1. The predicted molar refractivity (Wildman–Crippen MR) is 142 cm³/mol. The summed E-state index contributed by atoms with van der Waals surface area (Å²) in [7, 11) is 0. The molecule has 9 heteroatoms. The summed E-state index contributed by atoms with van der Waals surface area (Å²) in [5.41, 5.74) is 1.80. The van der Waals surface area contributed by atoms with Crippen LogP contribution in [0.15, 0.2) is 74.1 Å². The van der Waals surface area contributed by atoms with Crippen LogP contribution in [-0.4, -0.2) is 33.5 Å². The molecule has 0 saturated carbocycles. The van der Waals surface area contributed by atoms with Crippen molar-refractivity contribution in [3.63, 3.8) is 0 Å². The van der Waals surface area contributed by atoms with Crippen molar-refractivity contribution in [3.05, 3.63) is 65.1 Å². The molecule has 0 aliphatic carbocycles. The highest BCUT2D eigenvalue weighted by Gasteiger charge is 2.18. The van der Waals surface area contributed by atoms with E-state index in [4.69, 9.17) is 16.3 Å². The summed E-state index contributed by atoms with van der Waals surface area (Å²) in [6, 6.07) is 3.68. The minimum absolute atomic E-state index is 0.195. The van der Waals surface area contributed by atoms with E-state index in [-0.39, 0.29) is 5.92 Å². The Labute approximate surface area is 205 Å². The van der Waals surface area contributed by atoms with Crippen LogP contribution >= 0.6 is 23.4 Å². The molecule has 178 valence electrons. The topological polar surface area (TPSA) is 91.8 Å². The fourth-order valence-electron chi connectivity index (χ4n) is 2.41. The van der Waals surface area contributed by atoms with Gasteiger partial charge in [0.05, 0.1) is 18.2 Å². The number of halogens is 1. The molecule has 1 rings (SSSR count). The van der Waals surface area contributed by atoms with Gasteiger partial charge in [0.15, 0.2) is 11.0 Å². The third kappa shape index (κ3) is 11.2. The molecule has 0 aliphatic rings. The van der Waals surface area contributed by atoms with E-state index in [2.05, 4.69) is 31.8 Å². The maximum atomic E-state index is 10.1. The first-order chi connectivity index (χ1) is 15.7.